The van der Waals surface area contributed by atoms with Crippen molar-refractivity contribution in [3.8, 4) is 11.6 Å². The lowest BCUT2D eigenvalue weighted by Gasteiger charge is -2.22. The highest BCUT2D eigenvalue weighted by atomic mass is 19.4. The van der Waals surface area contributed by atoms with Crippen LogP contribution >= 0.6 is 0 Å². The second-order valence-corrected chi connectivity index (χ2v) is 8.17. The highest BCUT2D eigenvalue weighted by Gasteiger charge is 2.32. The van der Waals surface area contributed by atoms with Gasteiger partial charge in [-0.15, -0.1) is 0 Å². The summed E-state index contributed by atoms with van der Waals surface area (Å²) < 4.78 is 45.4. The summed E-state index contributed by atoms with van der Waals surface area (Å²) in [5, 5.41) is 5.05. The third kappa shape index (κ3) is 5.78. The van der Waals surface area contributed by atoms with Crippen molar-refractivity contribution in [2.24, 2.45) is 0 Å². The van der Waals surface area contributed by atoms with Crippen LogP contribution in [0.5, 0.6) is 11.6 Å². The van der Waals surface area contributed by atoms with Gasteiger partial charge in [0.1, 0.15) is 11.4 Å². The van der Waals surface area contributed by atoms with Crippen molar-refractivity contribution < 1.29 is 22.7 Å². The molecule has 5 nitrogen and oxygen atoms in total. The fourth-order valence-electron chi connectivity index (χ4n) is 3.14. The average molecular weight is 443 g/mol. The molecule has 0 atom stereocenters. The lowest BCUT2D eigenvalue weighted by atomic mass is 9.86. The average Bonchev–Trinajstić information content (AvgIpc) is 2.73. The number of hydrogen-bond acceptors (Lipinski definition) is 3. The molecule has 0 bridgehead atoms. The molecule has 1 heterocycles. The second kappa shape index (κ2) is 9.30. The first-order chi connectivity index (χ1) is 15.1. The largest absolute Gasteiger partial charge is 0.437 e. The van der Waals surface area contributed by atoms with E-state index in [1.807, 2.05) is 24.3 Å². The molecular weight excluding hydrogens is 419 g/mol. The van der Waals surface area contributed by atoms with Gasteiger partial charge in [-0.05, 0) is 35.2 Å². The lowest BCUT2D eigenvalue weighted by Crippen LogP contribution is -2.29. The number of pyridine rings is 1. The third-order valence-electron chi connectivity index (χ3n) is 4.68. The second-order valence-electron chi connectivity index (χ2n) is 8.17. The van der Waals surface area contributed by atoms with E-state index in [0.717, 1.165) is 11.6 Å². The standard InChI is InChI=1S/C24H24F3N3O2/c1-23(2,3)18-11-6-7-13-20(18)32-21-19(12-8-14-28-21)30-22(31)29-15-16-9-4-5-10-17(16)24(25,26)27/h4-14H,15H2,1-3H3,(H2,29,30,31). The Hall–Kier alpha value is -3.55. The predicted molar refractivity (Wildman–Crippen MR) is 117 cm³/mol. The number of nitrogens with one attached hydrogen (secondary N) is 2. The highest BCUT2D eigenvalue weighted by molar-refractivity contribution is 5.90. The molecule has 0 aliphatic heterocycles. The molecule has 3 rings (SSSR count). The van der Waals surface area contributed by atoms with Crippen LogP contribution in [0.25, 0.3) is 0 Å². The quantitative estimate of drug-likeness (QED) is 0.472. The summed E-state index contributed by atoms with van der Waals surface area (Å²) in [7, 11) is 0. The minimum atomic E-state index is -4.50. The molecule has 1 aromatic heterocycles. The molecule has 32 heavy (non-hydrogen) atoms. The Bertz CT molecular complexity index is 1090. The van der Waals surface area contributed by atoms with E-state index in [-0.39, 0.29) is 29.1 Å². The number of urea groups is 1. The minimum absolute atomic E-state index is 0.0306. The summed E-state index contributed by atoms with van der Waals surface area (Å²) in [6.07, 6.45) is -2.97. The fraction of sp³-hybridized carbons (Fsp3) is 0.250. The van der Waals surface area contributed by atoms with Crippen molar-refractivity contribution in [2.75, 3.05) is 5.32 Å². The zero-order valence-corrected chi connectivity index (χ0v) is 18.0. The van der Waals surface area contributed by atoms with Gasteiger partial charge in [-0.1, -0.05) is 57.2 Å². The van der Waals surface area contributed by atoms with E-state index in [9.17, 15) is 18.0 Å². The summed E-state index contributed by atoms with van der Waals surface area (Å²) in [6, 6.07) is 15.2. The Labute approximate surface area is 184 Å². The first-order valence-corrected chi connectivity index (χ1v) is 9.98. The SMILES string of the molecule is CC(C)(C)c1ccccc1Oc1ncccc1NC(=O)NCc1ccccc1C(F)(F)F. The molecule has 0 saturated carbocycles. The first kappa shape index (κ1) is 23.1. The van der Waals surface area contributed by atoms with Gasteiger partial charge in [0, 0.05) is 18.3 Å². The van der Waals surface area contributed by atoms with Gasteiger partial charge in [0.25, 0.3) is 0 Å². The van der Waals surface area contributed by atoms with E-state index in [0.29, 0.717) is 5.75 Å². The zero-order valence-electron chi connectivity index (χ0n) is 18.0. The number of carbonyl (C=O) groups excluding carboxylic acids is 1. The maximum absolute atomic E-state index is 13.1. The van der Waals surface area contributed by atoms with Gasteiger partial charge in [-0.25, -0.2) is 9.78 Å². The van der Waals surface area contributed by atoms with E-state index in [1.54, 1.807) is 12.1 Å². The van der Waals surface area contributed by atoms with Crippen molar-refractivity contribution in [3.63, 3.8) is 0 Å². The summed E-state index contributed by atoms with van der Waals surface area (Å²) >= 11 is 0. The molecule has 2 aromatic carbocycles. The maximum Gasteiger partial charge on any atom is 0.416 e. The van der Waals surface area contributed by atoms with Crippen LogP contribution in [0.1, 0.15) is 37.5 Å². The van der Waals surface area contributed by atoms with Crippen molar-refractivity contribution in [2.45, 2.75) is 38.9 Å². The number of aromatic nitrogens is 1. The van der Waals surface area contributed by atoms with Crippen LogP contribution < -0.4 is 15.4 Å². The number of nitrogens with zero attached hydrogens (tertiary/aromatic N) is 1. The molecule has 2 amide bonds. The van der Waals surface area contributed by atoms with Gasteiger partial charge in [0.15, 0.2) is 0 Å². The predicted octanol–water partition coefficient (Wildman–Crippen LogP) is 6.51. The van der Waals surface area contributed by atoms with E-state index in [2.05, 4.69) is 36.4 Å². The maximum atomic E-state index is 13.1. The number of hydrogen-bond donors (Lipinski definition) is 2. The van der Waals surface area contributed by atoms with Crippen molar-refractivity contribution >= 4 is 11.7 Å². The molecule has 8 heteroatoms. The van der Waals surface area contributed by atoms with E-state index in [4.69, 9.17) is 4.74 Å². The summed E-state index contributed by atoms with van der Waals surface area (Å²) in [5.74, 6) is 0.774. The van der Waals surface area contributed by atoms with Crippen molar-refractivity contribution in [1.82, 2.24) is 10.3 Å². The Morgan fingerprint density at radius 3 is 2.28 bits per heavy atom. The van der Waals surface area contributed by atoms with E-state index in [1.165, 1.54) is 24.4 Å². The minimum Gasteiger partial charge on any atom is -0.437 e. The molecule has 3 aromatic rings. The number of ether oxygens (including phenoxy) is 1. The van der Waals surface area contributed by atoms with Gasteiger partial charge in [-0.3, -0.25) is 0 Å². The Kier molecular flexibility index (Phi) is 6.72. The monoisotopic (exact) mass is 443 g/mol. The molecule has 168 valence electrons. The molecule has 0 saturated heterocycles. The van der Waals surface area contributed by atoms with Gasteiger partial charge in [-0.2, -0.15) is 13.2 Å². The number of rotatable bonds is 5. The highest BCUT2D eigenvalue weighted by Crippen LogP contribution is 2.35. The molecule has 2 N–H and O–H groups in total. The van der Waals surface area contributed by atoms with Crippen LogP contribution in [-0.2, 0) is 18.1 Å². The Balaban J connectivity index is 1.74. The van der Waals surface area contributed by atoms with E-state index >= 15 is 0 Å². The number of benzene rings is 2. The van der Waals surface area contributed by atoms with Crippen LogP contribution in [0.3, 0.4) is 0 Å². The molecule has 0 aliphatic carbocycles. The number of amides is 2. The van der Waals surface area contributed by atoms with E-state index < -0.39 is 17.8 Å². The lowest BCUT2D eigenvalue weighted by molar-refractivity contribution is -0.138. The first-order valence-electron chi connectivity index (χ1n) is 9.98. The molecular formula is C24H24F3N3O2. The molecule has 0 fully saturated rings. The van der Waals surface area contributed by atoms with Gasteiger partial charge in [0.05, 0.1) is 5.56 Å². The normalized spacial score (nSPS) is 11.7. The van der Waals surface area contributed by atoms with Crippen molar-refractivity contribution in [1.29, 1.82) is 0 Å². The number of halogens is 3. The van der Waals surface area contributed by atoms with Crippen LogP contribution in [0.15, 0.2) is 66.9 Å². The smallest absolute Gasteiger partial charge is 0.416 e. The fourth-order valence-corrected chi connectivity index (χ4v) is 3.14. The molecule has 0 spiro atoms. The summed E-state index contributed by atoms with van der Waals surface area (Å²) in [6.45, 7) is 5.88. The topological polar surface area (TPSA) is 63.2 Å². The van der Waals surface area contributed by atoms with Crippen LogP contribution in [0.4, 0.5) is 23.7 Å². The van der Waals surface area contributed by atoms with Crippen molar-refractivity contribution in [3.05, 3.63) is 83.6 Å². The van der Waals surface area contributed by atoms with Crippen LogP contribution in [0.2, 0.25) is 0 Å². The number of para-hydroxylation sites is 1. The third-order valence-corrected chi connectivity index (χ3v) is 4.68. The number of carbonyl (C=O) groups is 1. The van der Waals surface area contributed by atoms with Crippen LogP contribution in [-0.4, -0.2) is 11.0 Å². The Morgan fingerprint density at radius 1 is 0.938 bits per heavy atom. The van der Waals surface area contributed by atoms with Gasteiger partial charge >= 0.3 is 12.2 Å². The molecule has 0 radical (unpaired) electrons. The summed E-state index contributed by atoms with van der Waals surface area (Å²) in [4.78, 5) is 16.6. The summed E-state index contributed by atoms with van der Waals surface area (Å²) in [5.41, 5.74) is 0.256. The zero-order chi connectivity index (χ0) is 23.4. The van der Waals surface area contributed by atoms with Gasteiger partial charge < -0.3 is 15.4 Å². The van der Waals surface area contributed by atoms with Crippen LogP contribution in [0, 0.1) is 0 Å². The number of alkyl halides is 3. The van der Waals surface area contributed by atoms with Gasteiger partial charge in [0.2, 0.25) is 5.88 Å². The Morgan fingerprint density at radius 2 is 1.59 bits per heavy atom. The number of anilines is 1. The molecule has 0 unspecified atom stereocenters. The molecule has 0 aliphatic rings.